The van der Waals surface area contributed by atoms with Crippen LogP contribution in [0.1, 0.15) is 53.6 Å². The van der Waals surface area contributed by atoms with Crippen molar-refractivity contribution in [3.63, 3.8) is 0 Å². The number of nitrogens with one attached hydrogen (secondary N) is 1. The molecule has 1 aliphatic heterocycles. The molecule has 1 N–H and O–H groups in total. The molecule has 3 aromatic rings. The van der Waals surface area contributed by atoms with Gasteiger partial charge in [-0.05, 0) is 54.8 Å². The van der Waals surface area contributed by atoms with Crippen molar-refractivity contribution in [2.24, 2.45) is 0 Å². The molecule has 37 heavy (non-hydrogen) atoms. The van der Waals surface area contributed by atoms with E-state index in [0.29, 0.717) is 11.1 Å². The molecule has 1 atom stereocenters. The Morgan fingerprint density at radius 1 is 1.08 bits per heavy atom. The third kappa shape index (κ3) is 4.30. The first-order valence-electron chi connectivity index (χ1n) is 11.9. The number of rotatable bonds is 5. The van der Waals surface area contributed by atoms with Crippen LogP contribution in [0.4, 0.5) is 15.8 Å². The van der Waals surface area contributed by atoms with E-state index in [1.54, 1.807) is 24.3 Å². The SMILES string of the molecule is O=C1c2cc([N+](=O)[O-])ccc2C(C(=O)NC2CCCCC2)(c2ccc(Br)cc2)N1c1ccc(F)c(Cl)c1. The number of benzene rings is 3. The fourth-order valence-corrected chi connectivity index (χ4v) is 5.77. The molecular weight excluding hydrogens is 565 g/mol. The summed E-state index contributed by atoms with van der Waals surface area (Å²) in [7, 11) is 0. The van der Waals surface area contributed by atoms with E-state index in [1.165, 1.54) is 35.2 Å². The molecule has 10 heteroatoms. The van der Waals surface area contributed by atoms with Gasteiger partial charge in [0, 0.05) is 33.9 Å². The average molecular weight is 587 g/mol. The molecule has 2 aliphatic rings. The summed E-state index contributed by atoms with van der Waals surface area (Å²) in [5, 5.41) is 14.5. The van der Waals surface area contributed by atoms with Crippen LogP contribution in [-0.2, 0) is 10.3 Å². The van der Waals surface area contributed by atoms with E-state index >= 15 is 0 Å². The fourth-order valence-electron chi connectivity index (χ4n) is 5.33. The van der Waals surface area contributed by atoms with E-state index in [4.69, 9.17) is 11.6 Å². The third-order valence-electron chi connectivity index (χ3n) is 7.07. The molecule has 1 saturated carbocycles. The van der Waals surface area contributed by atoms with E-state index in [9.17, 15) is 24.1 Å². The Morgan fingerprint density at radius 3 is 2.43 bits per heavy atom. The number of amides is 2. The summed E-state index contributed by atoms with van der Waals surface area (Å²) < 4.78 is 14.9. The lowest BCUT2D eigenvalue weighted by molar-refractivity contribution is -0.384. The molecule has 0 spiro atoms. The number of nitro benzene ring substituents is 1. The van der Waals surface area contributed by atoms with Crippen molar-refractivity contribution in [3.05, 3.63) is 103 Å². The Labute approximate surface area is 225 Å². The number of fused-ring (bicyclic) bond motifs is 1. The summed E-state index contributed by atoms with van der Waals surface area (Å²) in [5.74, 6) is -1.74. The van der Waals surface area contributed by atoms with Gasteiger partial charge in [0.1, 0.15) is 5.82 Å². The van der Waals surface area contributed by atoms with Gasteiger partial charge >= 0.3 is 0 Å². The zero-order chi connectivity index (χ0) is 26.3. The number of nitrogens with zero attached hydrogens (tertiary/aromatic N) is 2. The lowest BCUT2D eigenvalue weighted by atomic mass is 9.80. The molecule has 1 fully saturated rings. The van der Waals surface area contributed by atoms with Gasteiger partial charge in [-0.15, -0.1) is 0 Å². The standard InChI is InChI=1S/C27H22BrClFN3O4/c28-17-8-6-16(7-9-17)27(26(35)31-18-4-2-1-3-5-18)22-12-10-20(33(36)37)14-21(22)25(34)32(27)19-11-13-24(30)23(29)15-19/h6-15,18H,1-5H2,(H,31,35). The number of hydrogen-bond donors (Lipinski definition) is 1. The highest BCUT2D eigenvalue weighted by atomic mass is 79.9. The van der Waals surface area contributed by atoms with Crippen LogP contribution in [0.5, 0.6) is 0 Å². The second-order valence-corrected chi connectivity index (χ2v) is 10.6. The van der Waals surface area contributed by atoms with E-state index in [-0.39, 0.29) is 28.0 Å². The van der Waals surface area contributed by atoms with Crippen molar-refractivity contribution in [1.82, 2.24) is 5.32 Å². The molecule has 1 heterocycles. The van der Waals surface area contributed by atoms with Gasteiger partial charge in [0.05, 0.1) is 15.5 Å². The fraction of sp³-hybridized carbons (Fsp3) is 0.259. The zero-order valence-corrected chi connectivity index (χ0v) is 21.9. The van der Waals surface area contributed by atoms with Gasteiger partial charge < -0.3 is 5.32 Å². The second-order valence-electron chi connectivity index (χ2n) is 9.25. The number of hydrogen-bond acceptors (Lipinski definition) is 4. The van der Waals surface area contributed by atoms with Crippen LogP contribution in [0.2, 0.25) is 5.02 Å². The quantitative estimate of drug-likeness (QED) is 0.273. The highest BCUT2D eigenvalue weighted by Gasteiger charge is 2.57. The van der Waals surface area contributed by atoms with Crippen LogP contribution in [0, 0.1) is 15.9 Å². The maximum Gasteiger partial charge on any atom is 0.270 e. The molecule has 0 saturated heterocycles. The first kappa shape index (κ1) is 25.4. The number of anilines is 1. The predicted molar refractivity (Wildman–Crippen MR) is 141 cm³/mol. The highest BCUT2D eigenvalue weighted by molar-refractivity contribution is 9.10. The Kier molecular flexibility index (Phi) is 6.76. The maximum absolute atomic E-state index is 14.4. The summed E-state index contributed by atoms with van der Waals surface area (Å²) in [6.45, 7) is 0. The van der Waals surface area contributed by atoms with Crippen LogP contribution in [0.25, 0.3) is 0 Å². The predicted octanol–water partition coefficient (Wildman–Crippen LogP) is 6.50. The maximum atomic E-state index is 14.4. The van der Waals surface area contributed by atoms with Crippen molar-refractivity contribution in [2.75, 3.05) is 4.90 Å². The molecule has 2 amide bonds. The Balaban J connectivity index is 1.79. The molecule has 0 radical (unpaired) electrons. The largest absolute Gasteiger partial charge is 0.351 e. The highest BCUT2D eigenvalue weighted by Crippen LogP contribution is 2.48. The molecule has 1 unspecified atom stereocenters. The summed E-state index contributed by atoms with van der Waals surface area (Å²) in [6, 6.07) is 14.6. The first-order valence-corrected chi connectivity index (χ1v) is 13.1. The molecule has 1 aliphatic carbocycles. The van der Waals surface area contributed by atoms with E-state index in [0.717, 1.165) is 42.6 Å². The zero-order valence-electron chi connectivity index (χ0n) is 19.5. The minimum absolute atomic E-state index is 0.0244. The average Bonchev–Trinajstić information content (AvgIpc) is 3.15. The topological polar surface area (TPSA) is 92.5 Å². The number of non-ortho nitro benzene ring substituents is 1. The molecular formula is C27H22BrClFN3O4. The third-order valence-corrected chi connectivity index (χ3v) is 7.88. The number of carbonyl (C=O) groups excluding carboxylic acids is 2. The molecule has 0 aromatic heterocycles. The molecule has 0 bridgehead atoms. The normalized spacial score (nSPS) is 19.5. The Bertz CT molecular complexity index is 1410. The van der Waals surface area contributed by atoms with Crippen LogP contribution in [0.3, 0.4) is 0 Å². The van der Waals surface area contributed by atoms with E-state index < -0.39 is 28.1 Å². The molecule has 3 aromatic carbocycles. The number of halogens is 3. The van der Waals surface area contributed by atoms with E-state index in [2.05, 4.69) is 21.2 Å². The van der Waals surface area contributed by atoms with Gasteiger partial charge in [-0.2, -0.15) is 0 Å². The van der Waals surface area contributed by atoms with Crippen molar-refractivity contribution >= 4 is 50.7 Å². The molecule has 5 rings (SSSR count). The van der Waals surface area contributed by atoms with Gasteiger partial charge in [-0.25, -0.2) is 4.39 Å². The summed E-state index contributed by atoms with van der Waals surface area (Å²) in [4.78, 5) is 40.7. The van der Waals surface area contributed by atoms with Gasteiger partial charge in [0.25, 0.3) is 17.5 Å². The Morgan fingerprint density at radius 2 is 1.78 bits per heavy atom. The number of nitro groups is 1. The monoisotopic (exact) mass is 585 g/mol. The minimum Gasteiger partial charge on any atom is -0.351 e. The summed E-state index contributed by atoms with van der Waals surface area (Å²) in [5.41, 5.74) is -0.984. The van der Waals surface area contributed by atoms with Crippen molar-refractivity contribution in [2.45, 2.75) is 43.7 Å². The van der Waals surface area contributed by atoms with Crippen LogP contribution in [-0.4, -0.2) is 22.8 Å². The second kappa shape index (κ2) is 9.87. The molecule has 190 valence electrons. The van der Waals surface area contributed by atoms with Gasteiger partial charge in [-0.1, -0.05) is 58.9 Å². The lowest BCUT2D eigenvalue weighted by Gasteiger charge is -2.40. The van der Waals surface area contributed by atoms with Crippen LogP contribution >= 0.6 is 27.5 Å². The van der Waals surface area contributed by atoms with Crippen molar-refractivity contribution in [3.8, 4) is 0 Å². The van der Waals surface area contributed by atoms with E-state index in [1.807, 2.05) is 0 Å². The van der Waals surface area contributed by atoms with Gasteiger partial charge in [-0.3, -0.25) is 24.6 Å². The summed E-state index contributed by atoms with van der Waals surface area (Å²) >= 11 is 9.52. The summed E-state index contributed by atoms with van der Waals surface area (Å²) in [6.07, 6.45) is 4.68. The van der Waals surface area contributed by atoms with Crippen LogP contribution in [0.15, 0.2) is 65.1 Å². The minimum atomic E-state index is -1.71. The molecule has 7 nitrogen and oxygen atoms in total. The Hall–Kier alpha value is -3.30. The number of carbonyl (C=O) groups is 2. The van der Waals surface area contributed by atoms with Gasteiger partial charge in [0.2, 0.25) is 0 Å². The smallest absolute Gasteiger partial charge is 0.270 e. The van der Waals surface area contributed by atoms with Crippen LogP contribution < -0.4 is 10.2 Å². The first-order chi connectivity index (χ1) is 17.7. The van der Waals surface area contributed by atoms with Gasteiger partial charge in [0.15, 0.2) is 5.54 Å². The lowest BCUT2D eigenvalue weighted by Crippen LogP contribution is -2.57. The van der Waals surface area contributed by atoms with Crippen molar-refractivity contribution < 1.29 is 18.9 Å². The van der Waals surface area contributed by atoms with Crippen molar-refractivity contribution in [1.29, 1.82) is 0 Å².